The number of aromatic nitrogens is 1. The molecule has 3 rings (SSSR count). The molecule has 3 heteroatoms. The fourth-order valence-electron chi connectivity index (χ4n) is 2.46. The molecule has 19 heavy (non-hydrogen) atoms. The zero-order valence-corrected chi connectivity index (χ0v) is 12.0. The second-order valence-corrected chi connectivity index (χ2v) is 5.92. The molecular weight excluding hydrogens is 252 g/mol. The summed E-state index contributed by atoms with van der Waals surface area (Å²) < 4.78 is 0. The molecule has 1 aliphatic carbocycles. The molecule has 0 aliphatic heterocycles. The summed E-state index contributed by atoms with van der Waals surface area (Å²) in [6, 6.07) is 11.1. The van der Waals surface area contributed by atoms with Gasteiger partial charge in [-0.2, -0.15) is 0 Å². The number of thioether (sulfide) groups is 1. The molecule has 2 nitrogen and oxygen atoms in total. The van der Waals surface area contributed by atoms with Crippen molar-refractivity contribution in [2.45, 2.75) is 29.9 Å². The van der Waals surface area contributed by atoms with Gasteiger partial charge in [0.05, 0.1) is 0 Å². The molecule has 0 spiro atoms. The highest BCUT2D eigenvalue weighted by Crippen LogP contribution is 2.29. The van der Waals surface area contributed by atoms with E-state index in [-0.39, 0.29) is 0 Å². The number of pyridine rings is 1. The van der Waals surface area contributed by atoms with E-state index in [9.17, 15) is 0 Å². The molecule has 0 fully saturated rings. The Morgan fingerprint density at radius 1 is 1.16 bits per heavy atom. The lowest BCUT2D eigenvalue weighted by Gasteiger charge is -2.05. The largest absolute Gasteiger partial charge is 0.373 e. The minimum absolute atomic E-state index is 0.922. The van der Waals surface area contributed by atoms with Gasteiger partial charge in [-0.3, -0.25) is 0 Å². The average molecular weight is 270 g/mol. The Morgan fingerprint density at radius 3 is 2.84 bits per heavy atom. The summed E-state index contributed by atoms with van der Waals surface area (Å²) in [4.78, 5) is 5.72. The molecule has 0 saturated heterocycles. The summed E-state index contributed by atoms with van der Waals surface area (Å²) in [5.41, 5.74) is 4.36. The fourth-order valence-corrected chi connectivity index (χ4v) is 3.36. The third-order valence-corrected chi connectivity index (χ3v) is 4.62. The molecule has 0 unspecified atom stereocenters. The highest BCUT2D eigenvalue weighted by molar-refractivity contribution is 7.98. The van der Waals surface area contributed by atoms with E-state index >= 15 is 0 Å². The molecule has 0 radical (unpaired) electrons. The number of fused-ring (bicyclic) bond motifs is 1. The van der Waals surface area contributed by atoms with Crippen LogP contribution in [-0.2, 0) is 18.6 Å². The molecule has 1 heterocycles. The maximum absolute atomic E-state index is 4.34. The fraction of sp³-hybridized carbons (Fsp3) is 0.312. The monoisotopic (exact) mass is 270 g/mol. The number of hydrogen-bond acceptors (Lipinski definition) is 3. The number of nitrogens with one attached hydrogen (secondary N) is 1. The highest BCUT2D eigenvalue weighted by Gasteiger charge is 2.10. The Morgan fingerprint density at radius 2 is 2.05 bits per heavy atom. The molecule has 1 aromatic carbocycles. The van der Waals surface area contributed by atoms with Crippen LogP contribution in [0.4, 0.5) is 5.82 Å². The summed E-state index contributed by atoms with van der Waals surface area (Å²) in [6.45, 7) is 0. The summed E-state index contributed by atoms with van der Waals surface area (Å²) in [7, 11) is 1.89. The van der Waals surface area contributed by atoms with Crippen LogP contribution in [0.5, 0.6) is 0 Å². The van der Waals surface area contributed by atoms with Gasteiger partial charge in [-0.1, -0.05) is 12.1 Å². The van der Waals surface area contributed by atoms with Gasteiger partial charge >= 0.3 is 0 Å². The SMILES string of the molecule is CNc1ccc(CSc2ccc3c(c2)CCC3)cn1. The lowest BCUT2D eigenvalue weighted by Crippen LogP contribution is -1.92. The summed E-state index contributed by atoms with van der Waals surface area (Å²) in [6.07, 6.45) is 5.78. The first-order valence-corrected chi connectivity index (χ1v) is 7.71. The minimum Gasteiger partial charge on any atom is -0.373 e. The van der Waals surface area contributed by atoms with Crippen LogP contribution >= 0.6 is 11.8 Å². The maximum atomic E-state index is 4.34. The van der Waals surface area contributed by atoms with Gasteiger partial charge in [0.15, 0.2) is 0 Å². The summed E-state index contributed by atoms with van der Waals surface area (Å²) in [5, 5.41) is 3.04. The molecule has 2 aromatic rings. The van der Waals surface area contributed by atoms with Crippen LogP contribution in [0.15, 0.2) is 41.4 Å². The Kier molecular flexibility index (Phi) is 3.74. The number of nitrogens with zero attached hydrogens (tertiary/aromatic N) is 1. The van der Waals surface area contributed by atoms with Crippen LogP contribution in [0, 0.1) is 0 Å². The predicted octanol–water partition coefficient (Wildman–Crippen LogP) is 3.90. The molecule has 1 aliphatic rings. The lowest BCUT2D eigenvalue weighted by atomic mass is 10.1. The predicted molar refractivity (Wildman–Crippen MR) is 81.8 cm³/mol. The van der Waals surface area contributed by atoms with Crippen LogP contribution in [0.2, 0.25) is 0 Å². The first kappa shape index (κ1) is 12.5. The van der Waals surface area contributed by atoms with E-state index in [1.165, 1.54) is 29.7 Å². The van der Waals surface area contributed by atoms with Gasteiger partial charge in [0.25, 0.3) is 0 Å². The van der Waals surface area contributed by atoms with Crippen LogP contribution in [0.25, 0.3) is 0 Å². The van der Waals surface area contributed by atoms with E-state index in [0.29, 0.717) is 0 Å². The molecule has 0 bridgehead atoms. The lowest BCUT2D eigenvalue weighted by molar-refractivity contribution is 0.911. The molecular formula is C16H18N2S. The average Bonchev–Trinajstić information content (AvgIpc) is 2.93. The third-order valence-electron chi connectivity index (χ3n) is 3.56. The Bertz CT molecular complexity index is 563. The minimum atomic E-state index is 0.922. The molecule has 0 saturated carbocycles. The van der Waals surface area contributed by atoms with Gasteiger partial charge in [-0.25, -0.2) is 4.98 Å². The van der Waals surface area contributed by atoms with Crippen LogP contribution in [0.1, 0.15) is 23.1 Å². The Labute approximate surface area is 118 Å². The van der Waals surface area contributed by atoms with Crippen molar-refractivity contribution in [2.75, 3.05) is 12.4 Å². The number of rotatable bonds is 4. The van der Waals surface area contributed by atoms with Gasteiger partial charge in [-0.15, -0.1) is 11.8 Å². The number of benzene rings is 1. The summed E-state index contributed by atoms with van der Waals surface area (Å²) in [5.74, 6) is 1.90. The van der Waals surface area contributed by atoms with Crippen molar-refractivity contribution in [3.05, 3.63) is 53.2 Å². The number of anilines is 1. The van der Waals surface area contributed by atoms with E-state index in [1.807, 2.05) is 31.1 Å². The van der Waals surface area contributed by atoms with Gasteiger partial charge in [0.1, 0.15) is 5.82 Å². The van der Waals surface area contributed by atoms with Crippen molar-refractivity contribution in [2.24, 2.45) is 0 Å². The van der Waals surface area contributed by atoms with Gasteiger partial charge in [0.2, 0.25) is 0 Å². The first-order chi connectivity index (χ1) is 9.35. The molecule has 0 atom stereocenters. The molecule has 1 aromatic heterocycles. The van der Waals surface area contributed by atoms with E-state index < -0.39 is 0 Å². The van der Waals surface area contributed by atoms with Crippen LogP contribution < -0.4 is 5.32 Å². The third kappa shape index (κ3) is 2.92. The number of aryl methyl sites for hydroxylation is 2. The Balaban J connectivity index is 1.65. The zero-order chi connectivity index (χ0) is 13.1. The van der Waals surface area contributed by atoms with Crippen LogP contribution in [0.3, 0.4) is 0 Å². The quantitative estimate of drug-likeness (QED) is 0.853. The zero-order valence-electron chi connectivity index (χ0n) is 11.1. The second kappa shape index (κ2) is 5.66. The van der Waals surface area contributed by atoms with Crippen molar-refractivity contribution in [1.82, 2.24) is 4.98 Å². The smallest absolute Gasteiger partial charge is 0.125 e. The van der Waals surface area contributed by atoms with Crippen molar-refractivity contribution in [3.8, 4) is 0 Å². The van der Waals surface area contributed by atoms with Crippen molar-refractivity contribution in [1.29, 1.82) is 0 Å². The molecule has 1 N–H and O–H groups in total. The molecule has 98 valence electrons. The van der Waals surface area contributed by atoms with Crippen molar-refractivity contribution >= 4 is 17.6 Å². The van der Waals surface area contributed by atoms with E-state index in [0.717, 1.165) is 11.6 Å². The standard InChI is InChI=1S/C16H18N2S/c1-17-16-8-5-12(10-18-16)11-19-15-7-6-13-3-2-4-14(13)9-15/h5-10H,2-4,11H2,1H3,(H,17,18). The normalized spacial score (nSPS) is 13.3. The highest BCUT2D eigenvalue weighted by atomic mass is 32.2. The first-order valence-electron chi connectivity index (χ1n) is 6.72. The maximum Gasteiger partial charge on any atom is 0.125 e. The topological polar surface area (TPSA) is 24.9 Å². The molecule has 0 amide bonds. The van der Waals surface area contributed by atoms with Crippen molar-refractivity contribution < 1.29 is 0 Å². The summed E-state index contributed by atoms with van der Waals surface area (Å²) >= 11 is 1.89. The van der Waals surface area contributed by atoms with Gasteiger partial charge < -0.3 is 5.32 Å². The number of hydrogen-bond donors (Lipinski definition) is 1. The van der Waals surface area contributed by atoms with Gasteiger partial charge in [0, 0.05) is 23.9 Å². The Hall–Kier alpha value is -1.48. The van der Waals surface area contributed by atoms with E-state index in [1.54, 1.807) is 11.1 Å². The second-order valence-electron chi connectivity index (χ2n) is 4.87. The van der Waals surface area contributed by atoms with Gasteiger partial charge in [-0.05, 0) is 54.2 Å². The van der Waals surface area contributed by atoms with Crippen LogP contribution in [-0.4, -0.2) is 12.0 Å². The van der Waals surface area contributed by atoms with E-state index in [2.05, 4.69) is 34.6 Å². The van der Waals surface area contributed by atoms with Crippen molar-refractivity contribution in [3.63, 3.8) is 0 Å². The van der Waals surface area contributed by atoms with E-state index in [4.69, 9.17) is 0 Å².